The van der Waals surface area contributed by atoms with Gasteiger partial charge in [-0.2, -0.15) is 4.98 Å². The van der Waals surface area contributed by atoms with Crippen molar-refractivity contribution in [3.05, 3.63) is 58.5 Å². The van der Waals surface area contributed by atoms with Gasteiger partial charge in [0.1, 0.15) is 18.5 Å². The lowest BCUT2D eigenvalue weighted by Crippen LogP contribution is -2.48. The molecule has 1 aromatic carbocycles. The number of ether oxygens (including phenoxy) is 2. The molecule has 3 fully saturated rings. The molecule has 0 aliphatic carbocycles. The number of rotatable bonds is 9. The summed E-state index contributed by atoms with van der Waals surface area (Å²) < 4.78 is 14.4. The second-order valence-corrected chi connectivity index (χ2v) is 10.7. The molecule has 5 heterocycles. The van der Waals surface area contributed by atoms with Crippen LogP contribution in [0.3, 0.4) is 0 Å². The van der Waals surface area contributed by atoms with Crippen molar-refractivity contribution in [3.63, 3.8) is 0 Å². The highest BCUT2D eigenvalue weighted by Gasteiger charge is 2.45. The SMILES string of the molecule is Cn1c(=O)n(C2CCC(=O)NC2=O)c2ccc(C=CCOCCOc3cccc(N4C[C@H]5C[C@@H]4CN5C(=O)O)n3)cc21. The maximum Gasteiger partial charge on any atom is 0.407 e. The van der Waals surface area contributed by atoms with Crippen LogP contribution >= 0.6 is 0 Å². The van der Waals surface area contributed by atoms with E-state index in [1.165, 1.54) is 14.0 Å². The maximum atomic E-state index is 12.9. The van der Waals surface area contributed by atoms with E-state index in [9.17, 15) is 24.3 Å². The second-order valence-electron chi connectivity index (χ2n) is 10.7. The average Bonchev–Trinajstić information content (AvgIpc) is 3.66. The highest BCUT2D eigenvalue weighted by atomic mass is 16.5. The van der Waals surface area contributed by atoms with Crippen LogP contribution in [0.1, 0.15) is 30.9 Å². The van der Waals surface area contributed by atoms with Gasteiger partial charge in [0, 0.05) is 32.6 Å². The van der Waals surface area contributed by atoms with E-state index in [1.54, 1.807) is 13.1 Å². The number of aryl methyl sites for hydroxylation is 1. The monoisotopic (exact) mass is 576 g/mol. The fourth-order valence-corrected chi connectivity index (χ4v) is 6.08. The molecule has 1 unspecified atom stereocenters. The van der Waals surface area contributed by atoms with Crippen molar-refractivity contribution in [3.8, 4) is 5.88 Å². The minimum absolute atomic E-state index is 0.00746. The van der Waals surface area contributed by atoms with E-state index < -0.39 is 18.0 Å². The Kier molecular flexibility index (Phi) is 7.42. The molecule has 220 valence electrons. The van der Waals surface area contributed by atoms with Crippen LogP contribution in [0.25, 0.3) is 17.1 Å². The fraction of sp³-hybridized carbons (Fsp3) is 0.414. The number of benzene rings is 1. The van der Waals surface area contributed by atoms with E-state index in [1.807, 2.05) is 42.5 Å². The Morgan fingerprint density at radius 2 is 1.98 bits per heavy atom. The summed E-state index contributed by atoms with van der Waals surface area (Å²) in [7, 11) is 1.66. The molecule has 13 nitrogen and oxygen atoms in total. The minimum Gasteiger partial charge on any atom is -0.475 e. The number of aromatic nitrogens is 3. The summed E-state index contributed by atoms with van der Waals surface area (Å²) in [5.41, 5.74) is 1.90. The third-order valence-corrected chi connectivity index (χ3v) is 8.13. The number of imidazole rings is 1. The predicted molar refractivity (Wildman–Crippen MR) is 152 cm³/mol. The Bertz CT molecular complexity index is 1630. The van der Waals surface area contributed by atoms with Crippen molar-refractivity contribution in [1.82, 2.24) is 24.3 Å². The molecule has 0 spiro atoms. The first-order valence-corrected chi connectivity index (χ1v) is 13.9. The van der Waals surface area contributed by atoms with Gasteiger partial charge in [0.25, 0.3) is 0 Å². The van der Waals surface area contributed by atoms with Gasteiger partial charge in [0.15, 0.2) is 0 Å². The van der Waals surface area contributed by atoms with Crippen molar-refractivity contribution < 1.29 is 29.0 Å². The van der Waals surface area contributed by atoms with Crippen LogP contribution in [0.15, 0.2) is 47.3 Å². The highest BCUT2D eigenvalue weighted by molar-refractivity contribution is 6.00. The zero-order valence-electron chi connectivity index (χ0n) is 23.1. The lowest BCUT2D eigenvalue weighted by Gasteiger charge is -2.33. The summed E-state index contributed by atoms with van der Waals surface area (Å²) in [4.78, 5) is 56.4. The van der Waals surface area contributed by atoms with Gasteiger partial charge in [0.2, 0.25) is 17.7 Å². The fourth-order valence-electron chi connectivity index (χ4n) is 6.08. The standard InChI is InChI=1S/C29H32N6O7/c1-32-23-14-18(7-8-21(23)35(28(32)38)22-9-10-25(36)31-27(22)37)4-3-11-41-12-13-42-26-6-2-5-24(30-26)33-16-20-15-19(33)17-34(20)29(39)40/h2-8,14,19-20,22H,9-13,15-17H2,1H3,(H,39,40)(H,31,36,37)/t19-,20-,22?/m1/s1. The molecule has 6 rings (SSSR count). The van der Waals surface area contributed by atoms with Crippen LogP contribution in [0.5, 0.6) is 5.88 Å². The molecule has 3 aliphatic rings. The molecule has 2 N–H and O–H groups in total. The molecular weight excluding hydrogens is 544 g/mol. The molecule has 3 saturated heterocycles. The summed E-state index contributed by atoms with van der Waals surface area (Å²) in [6.45, 7) is 2.18. The number of carbonyl (C=O) groups excluding carboxylic acids is 2. The molecule has 2 bridgehead atoms. The number of fused-ring (bicyclic) bond motifs is 3. The molecule has 3 aliphatic heterocycles. The summed E-state index contributed by atoms with van der Waals surface area (Å²) in [5.74, 6) is 0.503. The van der Waals surface area contributed by atoms with Crippen molar-refractivity contribution >= 4 is 40.8 Å². The van der Waals surface area contributed by atoms with Crippen LogP contribution in [-0.2, 0) is 21.4 Å². The number of amides is 3. The lowest BCUT2D eigenvalue weighted by atomic mass is 10.1. The Hall–Kier alpha value is -4.65. The van der Waals surface area contributed by atoms with Gasteiger partial charge in [-0.1, -0.05) is 24.3 Å². The Morgan fingerprint density at radius 3 is 2.74 bits per heavy atom. The zero-order valence-corrected chi connectivity index (χ0v) is 23.1. The van der Waals surface area contributed by atoms with E-state index in [0.29, 0.717) is 56.2 Å². The van der Waals surface area contributed by atoms with Gasteiger partial charge < -0.3 is 24.4 Å². The number of likely N-dealkylation sites (tertiary alicyclic amines) is 1. The number of piperazine rings is 1. The quantitative estimate of drug-likeness (QED) is 0.287. The van der Waals surface area contributed by atoms with Crippen LogP contribution in [0.4, 0.5) is 10.6 Å². The third-order valence-electron chi connectivity index (χ3n) is 8.13. The minimum atomic E-state index is -0.864. The molecule has 0 radical (unpaired) electrons. The third kappa shape index (κ3) is 5.22. The predicted octanol–water partition coefficient (Wildman–Crippen LogP) is 1.76. The smallest absolute Gasteiger partial charge is 0.407 e. The van der Waals surface area contributed by atoms with Gasteiger partial charge in [-0.05, 0) is 36.6 Å². The normalized spacial score (nSPS) is 22.0. The van der Waals surface area contributed by atoms with Crippen LogP contribution < -0.4 is 20.6 Å². The number of nitrogens with one attached hydrogen (secondary N) is 1. The average molecular weight is 577 g/mol. The molecule has 0 saturated carbocycles. The second kappa shape index (κ2) is 11.3. The number of hydrogen-bond acceptors (Lipinski definition) is 8. The van der Waals surface area contributed by atoms with Gasteiger partial charge in [-0.15, -0.1) is 0 Å². The number of piperidine rings is 1. The van der Waals surface area contributed by atoms with Gasteiger partial charge >= 0.3 is 11.8 Å². The van der Waals surface area contributed by atoms with E-state index in [0.717, 1.165) is 17.8 Å². The van der Waals surface area contributed by atoms with Gasteiger partial charge in [-0.25, -0.2) is 9.59 Å². The first-order chi connectivity index (χ1) is 20.3. The van der Waals surface area contributed by atoms with Crippen molar-refractivity contribution in [2.45, 2.75) is 37.4 Å². The topological polar surface area (TPSA) is 148 Å². The van der Waals surface area contributed by atoms with Gasteiger partial charge in [-0.3, -0.25) is 24.0 Å². The molecule has 3 aromatic rings. The maximum absolute atomic E-state index is 12.9. The molecule has 13 heteroatoms. The summed E-state index contributed by atoms with van der Waals surface area (Å²) in [6.07, 6.45) is 4.22. The van der Waals surface area contributed by atoms with E-state index >= 15 is 0 Å². The largest absolute Gasteiger partial charge is 0.475 e. The van der Waals surface area contributed by atoms with E-state index in [4.69, 9.17) is 9.47 Å². The summed E-state index contributed by atoms with van der Waals surface area (Å²) >= 11 is 0. The van der Waals surface area contributed by atoms with E-state index in [-0.39, 0.29) is 30.1 Å². The van der Waals surface area contributed by atoms with Crippen LogP contribution in [-0.4, -0.2) is 87.0 Å². The number of imide groups is 1. The number of carboxylic acid groups (broad SMARTS) is 1. The number of carbonyl (C=O) groups is 3. The molecule has 2 aromatic heterocycles. The van der Waals surface area contributed by atoms with E-state index in [2.05, 4.69) is 15.2 Å². The Morgan fingerprint density at radius 1 is 1.12 bits per heavy atom. The highest BCUT2D eigenvalue weighted by Crippen LogP contribution is 2.34. The molecular formula is C29H32N6O7. The Balaban J connectivity index is 0.989. The van der Waals surface area contributed by atoms with Crippen molar-refractivity contribution in [2.75, 3.05) is 37.8 Å². The Labute approximate surface area is 240 Å². The summed E-state index contributed by atoms with van der Waals surface area (Å²) in [6, 6.07) is 10.6. The number of anilines is 1. The lowest BCUT2D eigenvalue weighted by molar-refractivity contribution is -0.135. The van der Waals surface area contributed by atoms with Crippen molar-refractivity contribution in [1.29, 1.82) is 0 Å². The zero-order chi connectivity index (χ0) is 29.4. The number of pyridine rings is 1. The van der Waals surface area contributed by atoms with Crippen LogP contribution in [0, 0.1) is 0 Å². The first-order valence-electron chi connectivity index (χ1n) is 13.9. The number of hydrogen-bond donors (Lipinski definition) is 2. The summed E-state index contributed by atoms with van der Waals surface area (Å²) in [5, 5.41) is 11.6. The first kappa shape index (κ1) is 27.5. The molecule has 42 heavy (non-hydrogen) atoms. The van der Waals surface area contributed by atoms with Gasteiger partial charge in [0.05, 0.1) is 36.3 Å². The molecule has 3 amide bonds. The van der Waals surface area contributed by atoms with Crippen molar-refractivity contribution in [2.24, 2.45) is 7.05 Å². The molecule has 3 atom stereocenters. The van der Waals surface area contributed by atoms with Crippen LogP contribution in [0.2, 0.25) is 0 Å². The number of nitrogens with zero attached hydrogens (tertiary/aromatic N) is 5.